The molecule has 1 atom stereocenters. The van der Waals surface area contributed by atoms with E-state index in [1.807, 2.05) is 32.0 Å². The number of hydrogen-bond donors (Lipinski definition) is 0. The number of nitrogens with zero attached hydrogens (tertiary/aromatic N) is 1. The minimum absolute atomic E-state index is 0.218. The first-order chi connectivity index (χ1) is 15.9. The quantitative estimate of drug-likeness (QED) is 0.361. The number of ether oxygens (including phenoxy) is 3. The predicted octanol–water partition coefficient (Wildman–Crippen LogP) is 4.80. The van der Waals surface area contributed by atoms with Crippen LogP contribution < -0.4 is 9.47 Å². The van der Waals surface area contributed by atoms with Crippen molar-refractivity contribution in [3.05, 3.63) is 75.7 Å². The van der Waals surface area contributed by atoms with Gasteiger partial charge in [0.1, 0.15) is 12.4 Å². The van der Waals surface area contributed by atoms with Crippen molar-refractivity contribution in [3.8, 4) is 11.5 Å². The minimum atomic E-state index is -0.904. The Balaban J connectivity index is 1.42. The molecule has 0 saturated carbocycles. The third-order valence-corrected chi connectivity index (χ3v) is 5.99. The van der Waals surface area contributed by atoms with Crippen molar-refractivity contribution in [2.45, 2.75) is 52.7 Å². The van der Waals surface area contributed by atoms with Gasteiger partial charge in [-0.3, -0.25) is 4.79 Å². The summed E-state index contributed by atoms with van der Waals surface area (Å²) in [5, 5.41) is 3.91. The third-order valence-electron chi connectivity index (χ3n) is 5.99. The van der Waals surface area contributed by atoms with E-state index in [2.05, 4.69) is 5.16 Å². The summed E-state index contributed by atoms with van der Waals surface area (Å²) in [5.41, 5.74) is 4.95. The smallest absolute Gasteiger partial charge is 0.338 e. The minimum Gasteiger partial charge on any atom is -0.493 e. The van der Waals surface area contributed by atoms with Crippen LogP contribution in [0.2, 0.25) is 0 Å². The molecule has 33 heavy (non-hydrogen) atoms. The molecular weight excluding hydrogens is 422 g/mol. The number of esters is 1. The molecule has 0 spiro atoms. The largest absolute Gasteiger partial charge is 0.493 e. The lowest BCUT2D eigenvalue weighted by atomic mass is 10.0. The van der Waals surface area contributed by atoms with Crippen LogP contribution >= 0.6 is 0 Å². The summed E-state index contributed by atoms with van der Waals surface area (Å²) in [6.07, 6.45) is 2.24. The van der Waals surface area contributed by atoms with E-state index in [-0.39, 0.29) is 18.0 Å². The Morgan fingerprint density at radius 1 is 1.03 bits per heavy atom. The zero-order valence-electron chi connectivity index (χ0n) is 19.3. The number of methoxy groups -OCH3 is 1. The highest BCUT2D eigenvalue weighted by Crippen LogP contribution is 2.30. The standard InChI is InChI=1S/C26H27NO6/c1-15-22(16(2)33-27-15)14-31-23-11-10-21(13-24(23)30-4)26(29)32-17(3)25(28)20-9-8-18-6-5-7-19(18)12-20/h8-13,17H,5-7,14H2,1-4H3. The van der Waals surface area contributed by atoms with Gasteiger partial charge in [0.25, 0.3) is 0 Å². The zero-order valence-corrected chi connectivity index (χ0v) is 19.3. The van der Waals surface area contributed by atoms with Crippen LogP contribution in [-0.2, 0) is 24.2 Å². The molecule has 0 aliphatic heterocycles. The second kappa shape index (κ2) is 9.48. The molecule has 0 radical (unpaired) electrons. The van der Waals surface area contributed by atoms with Crippen molar-refractivity contribution < 1.29 is 28.3 Å². The summed E-state index contributed by atoms with van der Waals surface area (Å²) in [6.45, 7) is 5.51. The lowest BCUT2D eigenvalue weighted by molar-refractivity contribution is 0.0318. The maximum atomic E-state index is 12.8. The number of ketones is 1. The van der Waals surface area contributed by atoms with Gasteiger partial charge in [0.15, 0.2) is 17.6 Å². The SMILES string of the molecule is COc1cc(C(=O)OC(C)C(=O)c2ccc3c(c2)CCC3)ccc1OCc1c(C)noc1C. The summed E-state index contributed by atoms with van der Waals surface area (Å²) in [7, 11) is 1.49. The van der Waals surface area contributed by atoms with Crippen molar-refractivity contribution in [1.82, 2.24) is 5.16 Å². The molecule has 7 heteroatoms. The van der Waals surface area contributed by atoms with E-state index >= 15 is 0 Å². The summed E-state index contributed by atoms with van der Waals surface area (Å²) in [5.74, 6) is 0.718. The topological polar surface area (TPSA) is 87.9 Å². The Morgan fingerprint density at radius 3 is 2.52 bits per heavy atom. The zero-order chi connectivity index (χ0) is 23.5. The Hall–Kier alpha value is -3.61. The van der Waals surface area contributed by atoms with Crippen molar-refractivity contribution in [3.63, 3.8) is 0 Å². The van der Waals surface area contributed by atoms with Crippen LogP contribution in [0.4, 0.5) is 0 Å². The number of hydrogen-bond acceptors (Lipinski definition) is 7. The monoisotopic (exact) mass is 449 g/mol. The Morgan fingerprint density at radius 2 is 1.79 bits per heavy atom. The summed E-state index contributed by atoms with van der Waals surface area (Å²) >= 11 is 0. The van der Waals surface area contributed by atoms with E-state index in [0.29, 0.717) is 22.8 Å². The molecule has 0 fully saturated rings. The average Bonchev–Trinajstić information content (AvgIpc) is 3.42. The van der Waals surface area contributed by atoms with Gasteiger partial charge in [0, 0.05) is 5.56 Å². The van der Waals surface area contributed by atoms with Gasteiger partial charge < -0.3 is 18.7 Å². The molecule has 7 nitrogen and oxygen atoms in total. The third kappa shape index (κ3) is 4.77. The lowest BCUT2D eigenvalue weighted by Gasteiger charge is -2.15. The highest BCUT2D eigenvalue weighted by molar-refractivity contribution is 6.01. The van der Waals surface area contributed by atoms with E-state index in [9.17, 15) is 9.59 Å². The molecule has 2 aromatic carbocycles. The molecule has 4 rings (SSSR count). The lowest BCUT2D eigenvalue weighted by Crippen LogP contribution is -2.24. The van der Waals surface area contributed by atoms with Crippen molar-refractivity contribution in [1.29, 1.82) is 0 Å². The van der Waals surface area contributed by atoms with Crippen LogP contribution in [0, 0.1) is 13.8 Å². The number of rotatable bonds is 8. The fourth-order valence-electron chi connectivity index (χ4n) is 4.01. The molecule has 1 aliphatic rings. The molecule has 1 heterocycles. The van der Waals surface area contributed by atoms with Gasteiger partial charge in [-0.25, -0.2) is 4.79 Å². The van der Waals surface area contributed by atoms with Gasteiger partial charge in [-0.2, -0.15) is 0 Å². The number of fused-ring (bicyclic) bond motifs is 1. The van der Waals surface area contributed by atoms with Crippen molar-refractivity contribution >= 4 is 11.8 Å². The molecule has 0 amide bonds. The molecule has 172 valence electrons. The summed E-state index contributed by atoms with van der Waals surface area (Å²) < 4.78 is 21.9. The highest BCUT2D eigenvalue weighted by Gasteiger charge is 2.23. The van der Waals surface area contributed by atoms with Gasteiger partial charge in [-0.1, -0.05) is 17.3 Å². The average molecular weight is 450 g/mol. The molecule has 0 saturated heterocycles. The molecule has 1 aromatic heterocycles. The van der Waals surface area contributed by atoms with Crippen molar-refractivity contribution in [2.24, 2.45) is 0 Å². The van der Waals surface area contributed by atoms with E-state index < -0.39 is 12.1 Å². The summed E-state index contributed by atoms with van der Waals surface area (Å²) in [4.78, 5) is 25.5. The van der Waals surface area contributed by atoms with Gasteiger partial charge >= 0.3 is 5.97 Å². The first-order valence-electron chi connectivity index (χ1n) is 11.0. The van der Waals surface area contributed by atoms with E-state index in [1.165, 1.54) is 24.3 Å². The molecular formula is C26H27NO6. The van der Waals surface area contributed by atoms with Crippen LogP contribution in [0.25, 0.3) is 0 Å². The van der Waals surface area contributed by atoms with Crippen LogP contribution in [0.15, 0.2) is 40.9 Å². The number of carbonyl (C=O) groups excluding carboxylic acids is 2. The Labute approximate surface area is 192 Å². The normalized spacial score (nSPS) is 13.3. The van der Waals surface area contributed by atoms with Gasteiger partial charge in [-0.15, -0.1) is 0 Å². The van der Waals surface area contributed by atoms with Crippen molar-refractivity contribution in [2.75, 3.05) is 7.11 Å². The number of Topliss-reactive ketones (excluding diaryl/α,β-unsaturated/α-hetero) is 1. The van der Waals surface area contributed by atoms with Crippen LogP contribution in [0.5, 0.6) is 11.5 Å². The number of aryl methyl sites for hydroxylation is 4. The van der Waals surface area contributed by atoms with Gasteiger partial charge in [0.2, 0.25) is 5.78 Å². The second-order valence-corrected chi connectivity index (χ2v) is 8.21. The number of benzene rings is 2. The van der Waals surface area contributed by atoms with Crippen LogP contribution in [0.1, 0.15) is 62.2 Å². The van der Waals surface area contributed by atoms with E-state index in [1.54, 1.807) is 19.1 Å². The Kier molecular flexibility index (Phi) is 6.49. The maximum absolute atomic E-state index is 12.8. The predicted molar refractivity (Wildman–Crippen MR) is 121 cm³/mol. The number of aromatic nitrogens is 1. The molecule has 1 aliphatic carbocycles. The number of carbonyl (C=O) groups is 2. The maximum Gasteiger partial charge on any atom is 0.338 e. The summed E-state index contributed by atoms with van der Waals surface area (Å²) in [6, 6.07) is 10.5. The van der Waals surface area contributed by atoms with E-state index in [4.69, 9.17) is 18.7 Å². The fourth-order valence-corrected chi connectivity index (χ4v) is 4.01. The highest BCUT2D eigenvalue weighted by atomic mass is 16.5. The molecule has 1 unspecified atom stereocenters. The van der Waals surface area contributed by atoms with Crippen LogP contribution in [0.3, 0.4) is 0 Å². The molecule has 0 bridgehead atoms. The second-order valence-electron chi connectivity index (χ2n) is 8.21. The first-order valence-corrected chi connectivity index (χ1v) is 11.0. The molecule has 0 N–H and O–H groups in total. The van der Waals surface area contributed by atoms with Crippen LogP contribution in [-0.4, -0.2) is 30.1 Å². The van der Waals surface area contributed by atoms with E-state index in [0.717, 1.165) is 30.5 Å². The van der Waals surface area contributed by atoms with Gasteiger partial charge in [-0.05, 0) is 75.4 Å². The Bertz CT molecular complexity index is 1180. The molecule has 3 aromatic rings. The fraction of sp³-hybridized carbons (Fsp3) is 0.346. The van der Waals surface area contributed by atoms with Gasteiger partial charge in [0.05, 0.1) is 23.9 Å². The first kappa shape index (κ1) is 22.6.